The Morgan fingerprint density at radius 3 is 2.56 bits per heavy atom. The summed E-state index contributed by atoms with van der Waals surface area (Å²) in [5.41, 5.74) is 3.01. The number of carbonyl (C=O) groups excluding carboxylic acids is 2. The minimum Gasteiger partial charge on any atom is -0.337 e. The molecular weight excluding hydrogens is 447 g/mol. The van der Waals surface area contributed by atoms with Crippen molar-refractivity contribution in [2.75, 3.05) is 38.0 Å². The van der Waals surface area contributed by atoms with E-state index in [0.717, 1.165) is 75.3 Å². The van der Waals surface area contributed by atoms with Crippen LogP contribution in [-0.4, -0.2) is 60.4 Å². The number of hydrogen-bond acceptors (Lipinski definition) is 4. The summed E-state index contributed by atoms with van der Waals surface area (Å²) >= 11 is 6.41. The summed E-state index contributed by atoms with van der Waals surface area (Å²) in [6, 6.07) is 4.07. The van der Waals surface area contributed by atoms with E-state index in [0.29, 0.717) is 10.9 Å². The second-order valence-electron chi connectivity index (χ2n) is 9.51. The van der Waals surface area contributed by atoms with Gasteiger partial charge in [-0.3, -0.25) is 14.5 Å². The van der Waals surface area contributed by atoms with Gasteiger partial charge >= 0.3 is 0 Å². The Morgan fingerprint density at radius 2 is 1.91 bits per heavy atom. The van der Waals surface area contributed by atoms with Crippen LogP contribution in [0.1, 0.15) is 50.2 Å². The lowest BCUT2D eigenvalue weighted by Crippen LogP contribution is -2.54. The van der Waals surface area contributed by atoms with E-state index in [1.54, 1.807) is 0 Å². The molecule has 2 saturated heterocycles. The van der Waals surface area contributed by atoms with Gasteiger partial charge in [0.2, 0.25) is 11.8 Å². The molecule has 1 aromatic carbocycles. The van der Waals surface area contributed by atoms with Gasteiger partial charge in [-0.2, -0.15) is 0 Å². The number of rotatable bonds is 5. The number of carbonyl (C=O) groups is 2. The van der Waals surface area contributed by atoms with Crippen molar-refractivity contribution in [3.05, 3.63) is 28.3 Å². The Kier molecular flexibility index (Phi) is 8.84. The molecular formula is C24H36Cl2N4O2. The van der Waals surface area contributed by atoms with Crippen molar-refractivity contribution in [3.8, 4) is 0 Å². The van der Waals surface area contributed by atoms with Crippen LogP contribution in [0.4, 0.5) is 5.69 Å². The molecule has 1 aliphatic carbocycles. The van der Waals surface area contributed by atoms with Gasteiger partial charge in [0.1, 0.15) is 0 Å². The molecule has 0 radical (unpaired) electrons. The third-order valence-electron chi connectivity index (χ3n) is 7.26. The molecule has 2 heterocycles. The number of halogens is 2. The average Bonchev–Trinajstić information content (AvgIpc) is 3.45. The maximum atomic E-state index is 12.9. The van der Waals surface area contributed by atoms with Crippen LogP contribution in [0.15, 0.2) is 12.1 Å². The zero-order valence-electron chi connectivity index (χ0n) is 19.2. The molecule has 1 saturated carbocycles. The molecule has 3 aliphatic rings. The summed E-state index contributed by atoms with van der Waals surface area (Å²) in [6.07, 6.45) is 5.36. The first-order valence-electron chi connectivity index (χ1n) is 11.8. The normalized spacial score (nSPS) is 24.4. The van der Waals surface area contributed by atoms with Gasteiger partial charge in [-0.1, -0.05) is 24.4 Å². The van der Waals surface area contributed by atoms with Crippen LogP contribution >= 0.6 is 24.0 Å². The van der Waals surface area contributed by atoms with Crippen molar-refractivity contribution in [2.45, 2.75) is 58.5 Å². The first kappa shape index (κ1) is 25.3. The standard InChI is InChI=1S/C24H35ClN4O2.ClH/c1-16-14-28(9-10-29(16)24(31)18-5-3-4-6-18)15-20-11-21(25)12-22(17(20)2)27-23(30)19-7-8-26-13-19;/h11-12,16,18-19,26H,3-10,13-15H2,1-2H3,(H,27,30);1H. The fourth-order valence-corrected chi connectivity index (χ4v) is 5.54. The smallest absolute Gasteiger partial charge is 0.228 e. The lowest BCUT2D eigenvalue weighted by molar-refractivity contribution is -0.140. The Hall–Kier alpha value is -1.34. The van der Waals surface area contributed by atoms with Gasteiger partial charge in [-0.15, -0.1) is 12.4 Å². The van der Waals surface area contributed by atoms with Crippen molar-refractivity contribution in [2.24, 2.45) is 11.8 Å². The summed E-state index contributed by atoms with van der Waals surface area (Å²) in [5.74, 6) is 0.683. The monoisotopic (exact) mass is 482 g/mol. The summed E-state index contributed by atoms with van der Waals surface area (Å²) in [6.45, 7) is 9.13. The van der Waals surface area contributed by atoms with Gasteiger partial charge in [0.05, 0.1) is 5.92 Å². The molecule has 0 bridgehead atoms. The molecule has 178 valence electrons. The zero-order valence-corrected chi connectivity index (χ0v) is 20.7. The highest BCUT2D eigenvalue weighted by Crippen LogP contribution is 2.30. The highest BCUT2D eigenvalue weighted by molar-refractivity contribution is 6.31. The topological polar surface area (TPSA) is 64.7 Å². The van der Waals surface area contributed by atoms with E-state index in [2.05, 4.69) is 34.3 Å². The van der Waals surface area contributed by atoms with Gasteiger partial charge in [-0.25, -0.2) is 0 Å². The van der Waals surface area contributed by atoms with Crippen molar-refractivity contribution in [1.82, 2.24) is 15.1 Å². The minimum absolute atomic E-state index is 0. The van der Waals surface area contributed by atoms with E-state index in [9.17, 15) is 9.59 Å². The van der Waals surface area contributed by atoms with Crippen molar-refractivity contribution < 1.29 is 9.59 Å². The Bertz CT molecular complexity index is 822. The second kappa shape index (κ2) is 11.2. The summed E-state index contributed by atoms with van der Waals surface area (Å²) < 4.78 is 0. The van der Waals surface area contributed by atoms with Crippen LogP contribution in [0.5, 0.6) is 0 Å². The van der Waals surface area contributed by atoms with Crippen LogP contribution in [0.25, 0.3) is 0 Å². The van der Waals surface area contributed by atoms with E-state index in [-0.39, 0.29) is 36.2 Å². The number of anilines is 1. The fourth-order valence-electron chi connectivity index (χ4n) is 5.30. The number of nitrogens with one attached hydrogen (secondary N) is 2. The summed E-state index contributed by atoms with van der Waals surface area (Å²) in [7, 11) is 0. The van der Waals surface area contributed by atoms with E-state index in [1.165, 1.54) is 12.8 Å². The van der Waals surface area contributed by atoms with Crippen LogP contribution < -0.4 is 10.6 Å². The number of benzene rings is 1. The first-order chi connectivity index (χ1) is 14.9. The molecule has 2 atom stereocenters. The summed E-state index contributed by atoms with van der Waals surface area (Å²) in [4.78, 5) is 30.0. The van der Waals surface area contributed by atoms with Gasteiger partial charge in [0, 0.05) is 55.4 Å². The molecule has 8 heteroatoms. The lowest BCUT2D eigenvalue weighted by Gasteiger charge is -2.41. The maximum absolute atomic E-state index is 12.9. The highest BCUT2D eigenvalue weighted by Gasteiger charge is 2.33. The number of amides is 2. The van der Waals surface area contributed by atoms with Crippen LogP contribution in [-0.2, 0) is 16.1 Å². The Labute approximate surface area is 202 Å². The van der Waals surface area contributed by atoms with Gasteiger partial charge in [-0.05, 0) is 62.9 Å². The zero-order chi connectivity index (χ0) is 22.0. The molecule has 6 nitrogen and oxygen atoms in total. The van der Waals surface area contributed by atoms with E-state index < -0.39 is 0 Å². The number of hydrogen-bond donors (Lipinski definition) is 2. The average molecular weight is 483 g/mol. The van der Waals surface area contributed by atoms with E-state index in [1.807, 2.05) is 12.1 Å². The number of piperazine rings is 1. The molecule has 32 heavy (non-hydrogen) atoms. The lowest BCUT2D eigenvalue weighted by atomic mass is 10.0. The molecule has 2 amide bonds. The number of nitrogens with zero attached hydrogens (tertiary/aromatic N) is 2. The fraction of sp³-hybridized carbons (Fsp3) is 0.667. The molecule has 0 spiro atoms. The Balaban J connectivity index is 0.00000289. The van der Waals surface area contributed by atoms with Crippen LogP contribution in [0.3, 0.4) is 0 Å². The quantitative estimate of drug-likeness (QED) is 0.668. The van der Waals surface area contributed by atoms with Gasteiger partial charge in [0.15, 0.2) is 0 Å². The Morgan fingerprint density at radius 1 is 1.16 bits per heavy atom. The first-order valence-corrected chi connectivity index (χ1v) is 12.1. The van der Waals surface area contributed by atoms with E-state index in [4.69, 9.17) is 11.6 Å². The van der Waals surface area contributed by atoms with Gasteiger partial charge in [0.25, 0.3) is 0 Å². The summed E-state index contributed by atoms with van der Waals surface area (Å²) in [5, 5.41) is 6.98. The molecule has 2 aliphatic heterocycles. The van der Waals surface area contributed by atoms with Crippen LogP contribution in [0.2, 0.25) is 5.02 Å². The van der Waals surface area contributed by atoms with Crippen LogP contribution in [0, 0.1) is 18.8 Å². The molecule has 3 fully saturated rings. The minimum atomic E-state index is 0. The second-order valence-corrected chi connectivity index (χ2v) is 9.95. The predicted molar refractivity (Wildman–Crippen MR) is 131 cm³/mol. The molecule has 1 aromatic rings. The highest BCUT2D eigenvalue weighted by atomic mass is 35.5. The third-order valence-corrected chi connectivity index (χ3v) is 7.48. The molecule has 4 rings (SSSR count). The third kappa shape index (κ3) is 5.77. The maximum Gasteiger partial charge on any atom is 0.228 e. The van der Waals surface area contributed by atoms with Crippen molar-refractivity contribution in [1.29, 1.82) is 0 Å². The predicted octanol–water partition coefficient (Wildman–Crippen LogP) is 3.84. The van der Waals surface area contributed by atoms with Crippen molar-refractivity contribution in [3.63, 3.8) is 0 Å². The molecule has 2 N–H and O–H groups in total. The molecule has 2 unspecified atom stereocenters. The molecule has 0 aromatic heterocycles. The van der Waals surface area contributed by atoms with Crippen molar-refractivity contribution >= 4 is 41.5 Å². The van der Waals surface area contributed by atoms with Gasteiger partial charge < -0.3 is 15.5 Å². The SMILES string of the molecule is Cc1c(CN2CCN(C(=O)C3CCCC3)C(C)C2)cc(Cl)cc1NC(=O)C1CCNC1.Cl. The largest absolute Gasteiger partial charge is 0.337 e. The van der Waals surface area contributed by atoms with E-state index >= 15 is 0 Å².